The number of nitrogens with one attached hydrogen (secondary N) is 1. The predicted octanol–water partition coefficient (Wildman–Crippen LogP) is 2.53. The van der Waals surface area contributed by atoms with E-state index in [0.29, 0.717) is 29.0 Å². The van der Waals surface area contributed by atoms with E-state index in [0.717, 1.165) is 16.6 Å². The van der Waals surface area contributed by atoms with Gasteiger partial charge in [-0.05, 0) is 24.3 Å². The zero-order chi connectivity index (χ0) is 18.8. The van der Waals surface area contributed by atoms with Crippen molar-refractivity contribution < 1.29 is 14.3 Å². The zero-order valence-electron chi connectivity index (χ0n) is 14.4. The number of hydrogen-bond donors (Lipinski definition) is 1. The number of aromatic nitrogens is 2. The number of nitrogens with zero attached hydrogens (tertiary/aromatic N) is 3. The number of rotatable bonds is 5. The van der Waals surface area contributed by atoms with E-state index in [1.807, 2.05) is 12.1 Å². The molecule has 0 radical (unpaired) electrons. The summed E-state index contributed by atoms with van der Waals surface area (Å²) in [5, 5.41) is 1.60. The highest BCUT2D eigenvalue weighted by Gasteiger charge is 2.27. The Morgan fingerprint density at radius 2 is 2.22 bits per heavy atom. The van der Waals surface area contributed by atoms with Crippen LogP contribution in [0.2, 0.25) is 4.34 Å². The number of fused-ring (bicyclic) bond motifs is 1. The highest BCUT2D eigenvalue weighted by atomic mass is 35.5. The highest BCUT2D eigenvalue weighted by Crippen LogP contribution is 2.28. The molecular formula is C18H17ClN4O3S. The molecule has 0 atom stereocenters. The van der Waals surface area contributed by atoms with Crippen molar-refractivity contribution >= 4 is 45.7 Å². The van der Waals surface area contributed by atoms with Crippen molar-refractivity contribution in [1.82, 2.24) is 19.8 Å². The molecule has 2 amide bonds. The van der Waals surface area contributed by atoms with Gasteiger partial charge in [-0.25, -0.2) is 0 Å². The maximum Gasteiger partial charge on any atom is 0.261 e. The molecule has 140 valence electrons. The molecule has 9 heteroatoms. The Kier molecular flexibility index (Phi) is 5.00. The summed E-state index contributed by atoms with van der Waals surface area (Å²) in [6.45, 7) is 1.43. The Hall–Kier alpha value is -2.58. The van der Waals surface area contributed by atoms with Crippen LogP contribution >= 0.6 is 22.9 Å². The molecule has 1 fully saturated rings. The molecule has 1 aliphatic heterocycles. The number of carbonyl (C=O) groups is 2. The standard InChI is InChI=1S/C18H17ClN4O3S/c19-15-1-2-18(27-15)26-11-17(25)23-6-5-22(16(24)10-23)9-13-7-12-8-20-4-3-14(12)21-13/h1-4,7-8,21H,5-6,9-11H2. The Bertz CT molecular complexity index is 953. The first-order valence-electron chi connectivity index (χ1n) is 8.44. The lowest BCUT2D eigenvalue weighted by Gasteiger charge is -2.34. The molecule has 27 heavy (non-hydrogen) atoms. The van der Waals surface area contributed by atoms with Gasteiger partial charge in [-0.3, -0.25) is 14.6 Å². The lowest BCUT2D eigenvalue weighted by Crippen LogP contribution is -2.52. The second kappa shape index (κ2) is 7.58. The first-order chi connectivity index (χ1) is 13.1. The summed E-state index contributed by atoms with van der Waals surface area (Å²) in [5.41, 5.74) is 1.94. The molecule has 0 aromatic carbocycles. The molecule has 0 bridgehead atoms. The largest absolute Gasteiger partial charge is 0.474 e. The minimum absolute atomic E-state index is 0.0647. The molecule has 4 rings (SSSR count). The van der Waals surface area contributed by atoms with Gasteiger partial charge in [-0.2, -0.15) is 0 Å². The van der Waals surface area contributed by atoms with Crippen LogP contribution in [0.4, 0.5) is 0 Å². The van der Waals surface area contributed by atoms with E-state index in [-0.39, 0.29) is 25.0 Å². The van der Waals surface area contributed by atoms with Crippen LogP contribution in [0.5, 0.6) is 5.06 Å². The normalized spacial score (nSPS) is 14.8. The number of pyridine rings is 1. The van der Waals surface area contributed by atoms with E-state index in [1.165, 1.54) is 16.2 Å². The summed E-state index contributed by atoms with van der Waals surface area (Å²) >= 11 is 7.11. The van der Waals surface area contributed by atoms with Crippen LogP contribution in [0, 0.1) is 0 Å². The molecule has 0 spiro atoms. The van der Waals surface area contributed by atoms with Gasteiger partial charge < -0.3 is 19.5 Å². The SMILES string of the molecule is O=C(COc1ccc(Cl)s1)N1CCN(Cc2cc3cnccc3[nH]2)C(=O)C1. The van der Waals surface area contributed by atoms with Crippen molar-refractivity contribution in [3.8, 4) is 5.06 Å². The number of halogens is 1. The molecule has 4 heterocycles. The maximum absolute atomic E-state index is 12.5. The van der Waals surface area contributed by atoms with E-state index in [2.05, 4.69) is 9.97 Å². The smallest absolute Gasteiger partial charge is 0.261 e. The average molecular weight is 405 g/mol. The van der Waals surface area contributed by atoms with E-state index in [4.69, 9.17) is 16.3 Å². The fourth-order valence-electron chi connectivity index (χ4n) is 3.01. The maximum atomic E-state index is 12.5. The second-order valence-electron chi connectivity index (χ2n) is 6.24. The highest BCUT2D eigenvalue weighted by molar-refractivity contribution is 7.17. The van der Waals surface area contributed by atoms with Crippen molar-refractivity contribution in [2.24, 2.45) is 0 Å². The van der Waals surface area contributed by atoms with Gasteiger partial charge in [-0.15, -0.1) is 0 Å². The number of carbonyl (C=O) groups excluding carboxylic acids is 2. The van der Waals surface area contributed by atoms with Crippen LogP contribution in [-0.2, 0) is 16.1 Å². The fourth-order valence-corrected chi connectivity index (χ4v) is 3.88. The summed E-state index contributed by atoms with van der Waals surface area (Å²) < 4.78 is 6.05. The monoisotopic (exact) mass is 404 g/mol. The third kappa shape index (κ3) is 4.06. The number of H-pyrrole nitrogens is 1. The quantitative estimate of drug-likeness (QED) is 0.708. The molecule has 0 unspecified atom stereocenters. The van der Waals surface area contributed by atoms with E-state index < -0.39 is 0 Å². The molecule has 3 aromatic rings. The third-order valence-electron chi connectivity index (χ3n) is 4.40. The van der Waals surface area contributed by atoms with Crippen LogP contribution in [0.15, 0.2) is 36.7 Å². The fraction of sp³-hybridized carbons (Fsp3) is 0.278. The van der Waals surface area contributed by atoms with Gasteiger partial charge >= 0.3 is 0 Å². The van der Waals surface area contributed by atoms with Crippen LogP contribution in [0.1, 0.15) is 5.69 Å². The number of ether oxygens (including phenoxy) is 1. The number of hydrogen-bond acceptors (Lipinski definition) is 5. The Labute approximate surface area is 164 Å². The number of amides is 2. The second-order valence-corrected chi connectivity index (χ2v) is 7.91. The van der Waals surface area contributed by atoms with E-state index in [9.17, 15) is 9.59 Å². The summed E-state index contributed by atoms with van der Waals surface area (Å²) in [7, 11) is 0. The van der Waals surface area contributed by atoms with Crippen molar-refractivity contribution in [2.75, 3.05) is 26.2 Å². The Morgan fingerprint density at radius 3 is 2.96 bits per heavy atom. The summed E-state index contributed by atoms with van der Waals surface area (Å²) in [4.78, 5) is 35.4. The molecular weight excluding hydrogens is 388 g/mol. The topological polar surface area (TPSA) is 78.5 Å². The van der Waals surface area contributed by atoms with E-state index in [1.54, 1.807) is 29.4 Å². The first-order valence-corrected chi connectivity index (χ1v) is 9.63. The molecule has 7 nitrogen and oxygen atoms in total. The van der Waals surface area contributed by atoms with Crippen molar-refractivity contribution in [3.63, 3.8) is 0 Å². The van der Waals surface area contributed by atoms with Gasteiger partial charge in [0.2, 0.25) is 5.91 Å². The van der Waals surface area contributed by atoms with Gasteiger partial charge in [0.15, 0.2) is 11.7 Å². The molecule has 0 saturated carbocycles. The third-order valence-corrected chi connectivity index (χ3v) is 5.54. The van der Waals surface area contributed by atoms with E-state index >= 15 is 0 Å². The van der Waals surface area contributed by atoms with Gasteiger partial charge in [0, 0.05) is 42.1 Å². The molecule has 1 aliphatic rings. The predicted molar refractivity (Wildman–Crippen MR) is 103 cm³/mol. The Morgan fingerprint density at radius 1 is 1.33 bits per heavy atom. The Balaban J connectivity index is 1.31. The van der Waals surface area contributed by atoms with Crippen LogP contribution in [0.25, 0.3) is 10.9 Å². The molecule has 1 N–H and O–H groups in total. The minimum atomic E-state index is -0.204. The summed E-state index contributed by atoms with van der Waals surface area (Å²) in [6, 6.07) is 7.33. The van der Waals surface area contributed by atoms with Crippen molar-refractivity contribution in [3.05, 3.63) is 46.7 Å². The zero-order valence-corrected chi connectivity index (χ0v) is 15.9. The number of aromatic amines is 1. The van der Waals surface area contributed by atoms with Crippen LogP contribution in [0.3, 0.4) is 0 Å². The molecule has 0 aliphatic carbocycles. The molecule has 1 saturated heterocycles. The average Bonchev–Trinajstić information content (AvgIpc) is 3.26. The lowest BCUT2D eigenvalue weighted by molar-refractivity contribution is -0.146. The summed E-state index contributed by atoms with van der Waals surface area (Å²) in [6.07, 6.45) is 3.51. The van der Waals surface area contributed by atoms with Crippen LogP contribution < -0.4 is 4.74 Å². The van der Waals surface area contributed by atoms with Crippen LogP contribution in [-0.4, -0.2) is 57.8 Å². The van der Waals surface area contributed by atoms with Gasteiger partial charge in [0.25, 0.3) is 5.91 Å². The van der Waals surface area contributed by atoms with Crippen molar-refractivity contribution in [1.29, 1.82) is 0 Å². The van der Waals surface area contributed by atoms with Crippen molar-refractivity contribution in [2.45, 2.75) is 6.54 Å². The summed E-state index contributed by atoms with van der Waals surface area (Å²) in [5.74, 6) is -0.283. The number of thiophene rings is 1. The minimum Gasteiger partial charge on any atom is -0.474 e. The van der Waals surface area contributed by atoms with Gasteiger partial charge in [0.1, 0.15) is 0 Å². The van der Waals surface area contributed by atoms with Gasteiger partial charge in [-0.1, -0.05) is 22.9 Å². The first kappa shape index (κ1) is 17.8. The lowest BCUT2D eigenvalue weighted by atomic mass is 10.2. The molecule has 3 aromatic heterocycles. The number of piperazine rings is 1. The van der Waals surface area contributed by atoms with Gasteiger partial charge in [0.05, 0.1) is 17.4 Å².